The van der Waals surface area contributed by atoms with E-state index in [1.165, 1.54) is 0 Å². The number of piperidine rings is 1. The minimum absolute atomic E-state index is 0.160. The molecule has 9 nitrogen and oxygen atoms in total. The number of anilines is 2. The Morgan fingerprint density at radius 2 is 1.71 bits per heavy atom. The molecule has 31 heavy (non-hydrogen) atoms. The molecule has 5 amide bonds. The molecule has 2 aromatic rings. The Bertz CT molecular complexity index is 957. The van der Waals surface area contributed by atoms with Gasteiger partial charge in [-0.2, -0.15) is 0 Å². The van der Waals surface area contributed by atoms with E-state index in [-0.39, 0.29) is 18.2 Å². The summed E-state index contributed by atoms with van der Waals surface area (Å²) in [6.07, 6.45) is 0.855. The van der Waals surface area contributed by atoms with Crippen molar-refractivity contribution in [1.29, 1.82) is 0 Å². The summed E-state index contributed by atoms with van der Waals surface area (Å²) in [5, 5.41) is 11.2. The van der Waals surface area contributed by atoms with E-state index in [0.29, 0.717) is 50.4 Å². The van der Waals surface area contributed by atoms with Gasteiger partial charge < -0.3 is 30.9 Å². The lowest BCUT2D eigenvalue weighted by atomic mass is 9.92. The van der Waals surface area contributed by atoms with E-state index in [9.17, 15) is 14.4 Å². The van der Waals surface area contributed by atoms with Crippen molar-refractivity contribution in [2.24, 2.45) is 0 Å². The summed E-state index contributed by atoms with van der Waals surface area (Å²) in [5.74, 6) is 0. The van der Waals surface area contributed by atoms with Crippen molar-refractivity contribution in [2.75, 3.05) is 30.3 Å². The molecule has 0 atom stereocenters. The second-order valence-electron chi connectivity index (χ2n) is 7.72. The molecule has 0 radical (unpaired) electrons. The van der Waals surface area contributed by atoms with Crippen molar-refractivity contribution >= 4 is 29.5 Å². The molecule has 4 rings (SSSR count). The highest BCUT2D eigenvalue weighted by Gasteiger charge is 2.43. The van der Waals surface area contributed by atoms with Gasteiger partial charge in [0.2, 0.25) is 0 Å². The zero-order valence-corrected chi connectivity index (χ0v) is 17.0. The zero-order chi connectivity index (χ0) is 21.7. The average Bonchev–Trinajstić information content (AvgIpc) is 3.13. The van der Waals surface area contributed by atoms with E-state index in [0.717, 1.165) is 5.56 Å². The molecular formula is C22H25N5O4. The van der Waals surface area contributed by atoms with E-state index in [2.05, 4.69) is 21.3 Å². The van der Waals surface area contributed by atoms with Crippen LogP contribution >= 0.6 is 0 Å². The Morgan fingerprint density at radius 3 is 2.42 bits per heavy atom. The minimum atomic E-state index is -0.478. The van der Waals surface area contributed by atoms with Gasteiger partial charge in [-0.3, -0.25) is 0 Å². The SMILES string of the molecule is O=C(Nc1ccccc1)Nc1cccc(CNC(=O)N2CCC3(CC2)CNC(=O)O3)c1. The molecule has 4 N–H and O–H groups in total. The fourth-order valence-electron chi connectivity index (χ4n) is 3.76. The van der Waals surface area contributed by atoms with Gasteiger partial charge in [-0.15, -0.1) is 0 Å². The molecule has 2 aliphatic rings. The van der Waals surface area contributed by atoms with Gasteiger partial charge in [0, 0.05) is 43.9 Å². The quantitative estimate of drug-likeness (QED) is 0.605. The summed E-state index contributed by atoms with van der Waals surface area (Å²) in [7, 11) is 0. The Balaban J connectivity index is 1.25. The summed E-state index contributed by atoms with van der Waals surface area (Å²) >= 11 is 0. The number of nitrogens with one attached hydrogen (secondary N) is 4. The Hall–Kier alpha value is -3.75. The van der Waals surface area contributed by atoms with Crippen molar-refractivity contribution in [3.63, 3.8) is 0 Å². The van der Waals surface area contributed by atoms with E-state index in [4.69, 9.17) is 4.74 Å². The molecule has 162 valence electrons. The number of para-hydroxylation sites is 1. The van der Waals surface area contributed by atoms with Crippen LogP contribution in [0.15, 0.2) is 54.6 Å². The number of carbonyl (C=O) groups is 3. The van der Waals surface area contributed by atoms with Gasteiger partial charge in [0.05, 0.1) is 6.54 Å². The predicted molar refractivity (Wildman–Crippen MR) is 116 cm³/mol. The normalized spacial score (nSPS) is 16.9. The molecule has 2 saturated heterocycles. The summed E-state index contributed by atoms with van der Waals surface area (Å²) in [6.45, 7) is 1.90. The fourth-order valence-corrected chi connectivity index (χ4v) is 3.76. The van der Waals surface area contributed by atoms with Crippen molar-refractivity contribution in [1.82, 2.24) is 15.5 Å². The maximum absolute atomic E-state index is 12.5. The van der Waals surface area contributed by atoms with Crippen molar-refractivity contribution in [3.05, 3.63) is 60.2 Å². The third-order valence-electron chi connectivity index (χ3n) is 5.49. The van der Waals surface area contributed by atoms with Crippen LogP contribution in [0.5, 0.6) is 0 Å². The molecule has 2 aromatic carbocycles. The first kappa shape index (κ1) is 20.5. The molecule has 2 fully saturated rings. The van der Waals surface area contributed by atoms with E-state index in [1.807, 2.05) is 36.4 Å². The molecular weight excluding hydrogens is 398 g/mol. The lowest BCUT2D eigenvalue weighted by molar-refractivity contribution is 0.00974. The van der Waals surface area contributed by atoms with Gasteiger partial charge in [-0.25, -0.2) is 14.4 Å². The number of hydrogen-bond acceptors (Lipinski definition) is 4. The highest BCUT2D eigenvalue weighted by molar-refractivity contribution is 5.99. The number of carbonyl (C=O) groups excluding carboxylic acids is 3. The van der Waals surface area contributed by atoms with E-state index in [1.54, 1.807) is 23.1 Å². The number of rotatable bonds is 4. The Morgan fingerprint density at radius 1 is 1.00 bits per heavy atom. The summed E-state index contributed by atoms with van der Waals surface area (Å²) in [5.41, 5.74) is 1.73. The number of likely N-dealkylation sites (tertiary alicyclic amines) is 1. The standard InChI is InChI=1S/C22H25N5O4/c28-19(25-17-6-2-1-3-7-17)26-18-8-4-5-16(13-18)14-23-20(29)27-11-9-22(10-12-27)15-24-21(30)31-22/h1-8,13H,9-12,14-15H2,(H,23,29)(H,24,30)(H2,25,26,28). The number of amides is 5. The minimum Gasteiger partial charge on any atom is -0.441 e. The number of urea groups is 2. The zero-order valence-electron chi connectivity index (χ0n) is 17.0. The van der Waals surface area contributed by atoms with Gasteiger partial charge in [0.15, 0.2) is 0 Å². The lowest BCUT2D eigenvalue weighted by Crippen LogP contribution is -2.51. The van der Waals surface area contributed by atoms with E-state index < -0.39 is 5.60 Å². The lowest BCUT2D eigenvalue weighted by Gasteiger charge is -2.37. The summed E-state index contributed by atoms with van der Waals surface area (Å²) < 4.78 is 5.38. The van der Waals surface area contributed by atoms with Crippen LogP contribution in [0, 0.1) is 0 Å². The second kappa shape index (κ2) is 8.95. The van der Waals surface area contributed by atoms with Crippen molar-refractivity contribution in [3.8, 4) is 0 Å². The first-order valence-electron chi connectivity index (χ1n) is 10.2. The number of alkyl carbamates (subject to hydrolysis) is 1. The van der Waals surface area contributed by atoms with Gasteiger partial charge in [0.25, 0.3) is 0 Å². The Kier molecular flexibility index (Phi) is 5.92. The first-order chi connectivity index (χ1) is 15.0. The fraction of sp³-hybridized carbons (Fsp3) is 0.318. The molecule has 0 aromatic heterocycles. The van der Waals surface area contributed by atoms with Crippen LogP contribution in [0.3, 0.4) is 0 Å². The molecule has 0 saturated carbocycles. The molecule has 0 bridgehead atoms. The predicted octanol–water partition coefficient (Wildman–Crippen LogP) is 3.11. The molecule has 1 spiro atoms. The van der Waals surface area contributed by atoms with Crippen LogP contribution in [0.4, 0.5) is 25.8 Å². The topological polar surface area (TPSA) is 112 Å². The number of ether oxygens (including phenoxy) is 1. The monoisotopic (exact) mass is 423 g/mol. The maximum Gasteiger partial charge on any atom is 0.407 e. The highest BCUT2D eigenvalue weighted by Crippen LogP contribution is 2.29. The van der Waals surface area contributed by atoms with Gasteiger partial charge in [-0.1, -0.05) is 30.3 Å². The largest absolute Gasteiger partial charge is 0.441 e. The second-order valence-corrected chi connectivity index (χ2v) is 7.72. The summed E-state index contributed by atoms with van der Waals surface area (Å²) in [6, 6.07) is 16.0. The van der Waals surface area contributed by atoms with Gasteiger partial charge >= 0.3 is 18.2 Å². The van der Waals surface area contributed by atoms with Crippen LogP contribution < -0.4 is 21.3 Å². The first-order valence-corrected chi connectivity index (χ1v) is 10.2. The number of nitrogens with zero attached hydrogens (tertiary/aromatic N) is 1. The van der Waals surface area contributed by atoms with Crippen molar-refractivity contribution in [2.45, 2.75) is 25.0 Å². The third-order valence-corrected chi connectivity index (χ3v) is 5.49. The smallest absolute Gasteiger partial charge is 0.407 e. The highest BCUT2D eigenvalue weighted by atomic mass is 16.6. The molecule has 2 heterocycles. The van der Waals surface area contributed by atoms with E-state index >= 15 is 0 Å². The van der Waals surface area contributed by atoms with Crippen molar-refractivity contribution < 1.29 is 19.1 Å². The molecule has 2 aliphatic heterocycles. The van der Waals surface area contributed by atoms with Gasteiger partial charge in [-0.05, 0) is 29.8 Å². The van der Waals surface area contributed by atoms with Crippen LogP contribution in [-0.4, -0.2) is 48.3 Å². The molecule has 0 aliphatic carbocycles. The van der Waals surface area contributed by atoms with Crippen LogP contribution in [-0.2, 0) is 11.3 Å². The van der Waals surface area contributed by atoms with Gasteiger partial charge in [0.1, 0.15) is 5.60 Å². The molecule has 0 unspecified atom stereocenters. The number of hydrogen-bond donors (Lipinski definition) is 4. The maximum atomic E-state index is 12.5. The van der Waals surface area contributed by atoms with Crippen LogP contribution in [0.2, 0.25) is 0 Å². The molecule has 9 heteroatoms. The Labute approximate surface area is 180 Å². The van der Waals surface area contributed by atoms with Crippen LogP contribution in [0.25, 0.3) is 0 Å². The number of benzene rings is 2. The summed E-state index contributed by atoms with van der Waals surface area (Å²) in [4.78, 5) is 37.7. The average molecular weight is 423 g/mol. The third kappa shape index (κ3) is 5.25. The van der Waals surface area contributed by atoms with Crippen LogP contribution in [0.1, 0.15) is 18.4 Å².